The summed E-state index contributed by atoms with van der Waals surface area (Å²) in [7, 11) is 2.14. The Bertz CT molecular complexity index is 675. The number of amides is 1. The number of carbonyl (C=O) groups is 1. The van der Waals surface area contributed by atoms with Crippen LogP contribution in [0.2, 0.25) is 0 Å². The van der Waals surface area contributed by atoms with Crippen molar-refractivity contribution in [3.63, 3.8) is 0 Å². The first kappa shape index (κ1) is 16.7. The molecule has 1 atom stereocenters. The number of carbonyl (C=O) groups excluding carboxylic acids is 1. The van der Waals surface area contributed by atoms with E-state index < -0.39 is 0 Å². The third-order valence-corrected chi connectivity index (χ3v) is 5.05. The van der Waals surface area contributed by atoms with Crippen molar-refractivity contribution < 1.29 is 4.79 Å². The number of likely N-dealkylation sites (N-methyl/N-ethyl adjacent to an activating group) is 1. The number of piperazine rings is 1. The van der Waals surface area contributed by atoms with Gasteiger partial charge in [-0.1, -0.05) is 30.3 Å². The van der Waals surface area contributed by atoms with Gasteiger partial charge >= 0.3 is 0 Å². The highest BCUT2D eigenvalue weighted by atomic mass is 16.2. The Morgan fingerprint density at radius 1 is 1.25 bits per heavy atom. The van der Waals surface area contributed by atoms with E-state index in [-0.39, 0.29) is 11.9 Å². The van der Waals surface area contributed by atoms with Gasteiger partial charge in [0, 0.05) is 31.7 Å². The first-order valence-corrected chi connectivity index (χ1v) is 8.59. The molecule has 2 heterocycles. The summed E-state index contributed by atoms with van der Waals surface area (Å²) in [4.78, 5) is 17.0. The predicted molar refractivity (Wildman–Crippen MR) is 94.8 cm³/mol. The Morgan fingerprint density at radius 3 is 2.67 bits per heavy atom. The van der Waals surface area contributed by atoms with Gasteiger partial charge < -0.3 is 4.90 Å². The molecule has 24 heavy (non-hydrogen) atoms. The highest BCUT2D eigenvalue weighted by Gasteiger charge is 2.28. The molecular formula is C19H26N4O. The van der Waals surface area contributed by atoms with Crippen LogP contribution in [0.15, 0.2) is 30.3 Å². The van der Waals surface area contributed by atoms with E-state index in [2.05, 4.69) is 46.4 Å². The second-order valence-electron chi connectivity index (χ2n) is 6.66. The van der Waals surface area contributed by atoms with Crippen LogP contribution in [0.1, 0.15) is 35.0 Å². The van der Waals surface area contributed by atoms with Gasteiger partial charge in [-0.05, 0) is 38.4 Å². The van der Waals surface area contributed by atoms with Gasteiger partial charge in [-0.3, -0.25) is 14.8 Å². The fourth-order valence-corrected chi connectivity index (χ4v) is 3.47. The van der Waals surface area contributed by atoms with Crippen LogP contribution in [0.5, 0.6) is 0 Å². The van der Waals surface area contributed by atoms with Crippen molar-refractivity contribution in [2.24, 2.45) is 0 Å². The molecule has 1 saturated heterocycles. The zero-order valence-electron chi connectivity index (χ0n) is 14.7. The molecule has 1 aromatic carbocycles. The minimum Gasteiger partial charge on any atom is -0.339 e. The number of nitrogens with one attached hydrogen (secondary N) is 1. The van der Waals surface area contributed by atoms with E-state index in [4.69, 9.17) is 0 Å². The van der Waals surface area contributed by atoms with Crippen molar-refractivity contribution in [1.29, 1.82) is 0 Å². The predicted octanol–water partition coefficient (Wildman–Crippen LogP) is 2.47. The summed E-state index contributed by atoms with van der Waals surface area (Å²) in [6, 6.07) is 10.7. The van der Waals surface area contributed by atoms with Gasteiger partial charge in [-0.2, -0.15) is 5.10 Å². The number of hydrogen-bond acceptors (Lipinski definition) is 3. The lowest BCUT2D eigenvalue weighted by Gasteiger charge is -2.39. The van der Waals surface area contributed by atoms with Crippen LogP contribution in [0.25, 0.3) is 0 Å². The van der Waals surface area contributed by atoms with Crippen LogP contribution in [0.3, 0.4) is 0 Å². The molecule has 0 aliphatic carbocycles. The lowest BCUT2D eigenvalue weighted by Crippen LogP contribution is -2.49. The quantitative estimate of drug-likeness (QED) is 0.939. The molecule has 1 fully saturated rings. The number of aromatic amines is 1. The molecule has 2 aromatic rings. The molecular weight excluding hydrogens is 300 g/mol. The van der Waals surface area contributed by atoms with Crippen molar-refractivity contribution in [3.8, 4) is 0 Å². The first-order valence-electron chi connectivity index (χ1n) is 8.59. The average molecular weight is 326 g/mol. The zero-order chi connectivity index (χ0) is 17.1. The van der Waals surface area contributed by atoms with Crippen LogP contribution < -0.4 is 0 Å². The molecule has 3 rings (SSSR count). The Labute approximate surface area is 143 Å². The van der Waals surface area contributed by atoms with Crippen LogP contribution in [-0.4, -0.2) is 52.6 Å². The molecule has 0 saturated carbocycles. The minimum absolute atomic E-state index is 0.240. The number of aryl methyl sites for hydroxylation is 2. The van der Waals surface area contributed by atoms with E-state index in [1.807, 2.05) is 24.8 Å². The Hall–Kier alpha value is -2.14. The monoisotopic (exact) mass is 326 g/mol. The van der Waals surface area contributed by atoms with Crippen molar-refractivity contribution >= 4 is 5.91 Å². The maximum atomic E-state index is 12.7. The van der Waals surface area contributed by atoms with Gasteiger partial charge in [0.05, 0.1) is 11.7 Å². The fourth-order valence-electron chi connectivity index (χ4n) is 3.47. The molecule has 1 amide bonds. The second-order valence-corrected chi connectivity index (χ2v) is 6.66. The van der Waals surface area contributed by atoms with E-state index in [0.717, 1.165) is 37.4 Å². The number of benzene rings is 1. The number of nitrogens with zero attached hydrogens (tertiary/aromatic N) is 3. The van der Waals surface area contributed by atoms with Crippen LogP contribution in [0.4, 0.5) is 0 Å². The molecule has 1 aliphatic heterocycles. The number of aromatic nitrogens is 2. The van der Waals surface area contributed by atoms with Crippen molar-refractivity contribution in [3.05, 3.63) is 52.8 Å². The van der Waals surface area contributed by atoms with Crippen LogP contribution in [0, 0.1) is 13.8 Å². The largest absolute Gasteiger partial charge is 0.339 e. The average Bonchev–Trinajstić information content (AvgIpc) is 2.92. The van der Waals surface area contributed by atoms with Crippen LogP contribution >= 0.6 is 0 Å². The molecule has 1 N–H and O–H groups in total. The Balaban J connectivity index is 1.63. The van der Waals surface area contributed by atoms with Gasteiger partial charge in [-0.25, -0.2) is 0 Å². The summed E-state index contributed by atoms with van der Waals surface area (Å²) in [5, 5.41) is 7.20. The summed E-state index contributed by atoms with van der Waals surface area (Å²) in [6.07, 6.45) is 1.31. The lowest BCUT2D eigenvalue weighted by atomic mass is 10.0. The van der Waals surface area contributed by atoms with Crippen LogP contribution in [-0.2, 0) is 11.2 Å². The van der Waals surface area contributed by atoms with Crippen molar-refractivity contribution in [2.45, 2.75) is 32.7 Å². The normalized spacial score (nSPS) is 18.8. The van der Waals surface area contributed by atoms with E-state index in [9.17, 15) is 4.79 Å². The Kier molecular flexibility index (Phi) is 5.00. The minimum atomic E-state index is 0.240. The molecule has 5 nitrogen and oxygen atoms in total. The molecule has 5 heteroatoms. The number of H-pyrrole nitrogens is 1. The summed E-state index contributed by atoms with van der Waals surface area (Å²) < 4.78 is 0. The highest BCUT2D eigenvalue weighted by Crippen LogP contribution is 2.24. The molecule has 0 unspecified atom stereocenters. The molecule has 1 aromatic heterocycles. The molecule has 0 spiro atoms. The lowest BCUT2D eigenvalue weighted by molar-refractivity contribution is -0.134. The third kappa shape index (κ3) is 3.51. The van der Waals surface area contributed by atoms with Crippen molar-refractivity contribution in [1.82, 2.24) is 20.0 Å². The maximum Gasteiger partial charge on any atom is 0.223 e. The third-order valence-electron chi connectivity index (χ3n) is 5.05. The fraction of sp³-hybridized carbons (Fsp3) is 0.474. The van der Waals surface area contributed by atoms with E-state index in [0.29, 0.717) is 6.42 Å². The number of rotatable bonds is 4. The molecule has 0 bridgehead atoms. The van der Waals surface area contributed by atoms with Crippen molar-refractivity contribution in [2.75, 3.05) is 26.7 Å². The summed E-state index contributed by atoms with van der Waals surface area (Å²) in [6.45, 7) is 6.49. The standard InChI is InChI=1S/C19H26N4O/c1-14-17(15(2)21-20-14)9-10-19(24)23-12-11-22(3)18(13-23)16-7-5-4-6-8-16/h4-8,18H,9-13H2,1-3H3,(H,20,21)/t18-/m1/s1. The van der Waals surface area contributed by atoms with Gasteiger partial charge in [0.2, 0.25) is 5.91 Å². The van der Waals surface area contributed by atoms with E-state index in [1.165, 1.54) is 11.1 Å². The first-order chi connectivity index (χ1) is 11.6. The highest BCUT2D eigenvalue weighted by molar-refractivity contribution is 5.76. The zero-order valence-corrected chi connectivity index (χ0v) is 14.7. The Morgan fingerprint density at radius 2 is 2.00 bits per heavy atom. The molecule has 128 valence electrons. The van der Waals surface area contributed by atoms with Gasteiger partial charge in [-0.15, -0.1) is 0 Å². The van der Waals surface area contributed by atoms with Gasteiger partial charge in [0.25, 0.3) is 0 Å². The number of hydrogen-bond donors (Lipinski definition) is 1. The SMILES string of the molecule is Cc1n[nH]c(C)c1CCC(=O)N1CCN(C)[C@@H](c2ccccc2)C1. The smallest absolute Gasteiger partial charge is 0.223 e. The van der Waals surface area contributed by atoms with Gasteiger partial charge in [0.15, 0.2) is 0 Å². The molecule has 1 aliphatic rings. The summed E-state index contributed by atoms with van der Waals surface area (Å²) in [5.74, 6) is 0.240. The second kappa shape index (κ2) is 7.18. The summed E-state index contributed by atoms with van der Waals surface area (Å²) in [5.41, 5.74) is 4.53. The van der Waals surface area contributed by atoms with Gasteiger partial charge in [0.1, 0.15) is 0 Å². The van der Waals surface area contributed by atoms with E-state index >= 15 is 0 Å². The maximum absolute atomic E-state index is 12.7. The summed E-state index contributed by atoms with van der Waals surface area (Å²) >= 11 is 0. The molecule has 0 radical (unpaired) electrons. The topological polar surface area (TPSA) is 52.2 Å². The van der Waals surface area contributed by atoms with E-state index in [1.54, 1.807) is 0 Å².